The van der Waals surface area contributed by atoms with E-state index in [1.807, 2.05) is 0 Å². The van der Waals surface area contributed by atoms with Gasteiger partial charge in [0.05, 0.1) is 0 Å². The van der Waals surface area contributed by atoms with Gasteiger partial charge in [0.2, 0.25) is 0 Å². The molecule has 0 bridgehead atoms. The highest BCUT2D eigenvalue weighted by atomic mass is 15.1. The van der Waals surface area contributed by atoms with Crippen molar-refractivity contribution < 1.29 is 0 Å². The van der Waals surface area contributed by atoms with E-state index in [4.69, 9.17) is 0 Å². The molecule has 0 unspecified atom stereocenters. The van der Waals surface area contributed by atoms with Crippen LogP contribution in [-0.2, 0) is 25.9 Å². The lowest BCUT2D eigenvalue weighted by Gasteiger charge is -2.24. The molecule has 3 aromatic rings. The fourth-order valence-corrected chi connectivity index (χ4v) is 4.04. The molecule has 0 fully saturated rings. The van der Waals surface area contributed by atoms with E-state index < -0.39 is 0 Å². The third-order valence-corrected chi connectivity index (χ3v) is 5.29. The molecule has 0 aliphatic carbocycles. The van der Waals surface area contributed by atoms with Crippen LogP contribution in [0.2, 0.25) is 0 Å². The molecule has 2 aromatic carbocycles. The van der Waals surface area contributed by atoms with Crippen LogP contribution >= 0.6 is 0 Å². The van der Waals surface area contributed by atoms with Crippen molar-refractivity contribution in [2.75, 3.05) is 13.6 Å². The van der Waals surface area contributed by atoms with E-state index in [9.17, 15) is 0 Å². The SMILES string of the molecule is Cc1ccc2c(c1)c1c(n2CCCc2ccccc2)CCN(C)C1. The topological polar surface area (TPSA) is 8.17 Å². The lowest BCUT2D eigenvalue weighted by Crippen LogP contribution is -2.27. The molecule has 0 amide bonds. The van der Waals surface area contributed by atoms with Gasteiger partial charge < -0.3 is 9.47 Å². The summed E-state index contributed by atoms with van der Waals surface area (Å²) in [7, 11) is 2.23. The zero-order valence-corrected chi connectivity index (χ0v) is 14.8. The second kappa shape index (κ2) is 6.45. The molecular weight excluding hydrogens is 292 g/mol. The highest BCUT2D eigenvalue weighted by molar-refractivity contribution is 5.86. The summed E-state index contributed by atoms with van der Waals surface area (Å²) in [6, 6.07) is 17.8. The second-order valence-electron chi connectivity index (χ2n) is 7.17. The summed E-state index contributed by atoms with van der Waals surface area (Å²) in [4.78, 5) is 2.44. The molecule has 0 radical (unpaired) electrons. The number of rotatable bonds is 4. The van der Waals surface area contributed by atoms with E-state index in [-0.39, 0.29) is 0 Å². The Bertz CT molecular complexity index is 845. The summed E-state index contributed by atoms with van der Waals surface area (Å²) in [5.41, 5.74) is 7.36. The van der Waals surface area contributed by atoms with E-state index in [1.165, 1.54) is 41.4 Å². The van der Waals surface area contributed by atoms with Gasteiger partial charge in [-0.05, 0) is 50.1 Å². The van der Waals surface area contributed by atoms with Crippen molar-refractivity contribution >= 4 is 10.9 Å². The van der Waals surface area contributed by atoms with Crippen molar-refractivity contribution in [2.24, 2.45) is 0 Å². The summed E-state index contributed by atoms with van der Waals surface area (Å²) in [6.45, 7) is 5.57. The predicted molar refractivity (Wildman–Crippen MR) is 101 cm³/mol. The molecule has 0 N–H and O–H groups in total. The Kier molecular flexibility index (Phi) is 4.15. The van der Waals surface area contributed by atoms with Crippen molar-refractivity contribution in [2.45, 2.75) is 39.3 Å². The molecule has 24 heavy (non-hydrogen) atoms. The van der Waals surface area contributed by atoms with Crippen LogP contribution in [0.15, 0.2) is 48.5 Å². The Morgan fingerprint density at radius 2 is 1.88 bits per heavy atom. The van der Waals surface area contributed by atoms with E-state index in [2.05, 4.69) is 72.0 Å². The van der Waals surface area contributed by atoms with Crippen molar-refractivity contribution in [3.63, 3.8) is 0 Å². The molecule has 1 aliphatic rings. The lowest BCUT2D eigenvalue weighted by molar-refractivity contribution is 0.309. The molecule has 1 aromatic heterocycles. The number of aryl methyl sites for hydroxylation is 3. The third kappa shape index (κ3) is 2.87. The maximum atomic E-state index is 2.60. The van der Waals surface area contributed by atoms with Gasteiger partial charge in [0.1, 0.15) is 0 Å². The standard InChI is InChI=1S/C22H26N2/c1-17-10-11-21-19(15-17)20-16-23(2)14-12-22(20)24(21)13-6-9-18-7-4-3-5-8-18/h3-5,7-8,10-11,15H,6,9,12-14,16H2,1-2H3. The molecule has 2 heterocycles. The van der Waals surface area contributed by atoms with Gasteiger partial charge >= 0.3 is 0 Å². The molecule has 0 atom stereocenters. The number of likely N-dealkylation sites (N-methyl/N-ethyl adjacent to an activating group) is 1. The van der Waals surface area contributed by atoms with E-state index in [1.54, 1.807) is 11.3 Å². The molecule has 124 valence electrons. The summed E-state index contributed by atoms with van der Waals surface area (Å²) < 4.78 is 2.60. The van der Waals surface area contributed by atoms with Crippen molar-refractivity contribution in [3.05, 3.63) is 70.9 Å². The Balaban J connectivity index is 1.65. The summed E-state index contributed by atoms with van der Waals surface area (Å²) in [5, 5.41) is 1.47. The first-order valence-electron chi connectivity index (χ1n) is 9.05. The third-order valence-electron chi connectivity index (χ3n) is 5.29. The highest BCUT2D eigenvalue weighted by Crippen LogP contribution is 2.31. The van der Waals surface area contributed by atoms with Gasteiger partial charge in [0.15, 0.2) is 0 Å². The van der Waals surface area contributed by atoms with Crippen molar-refractivity contribution in [1.82, 2.24) is 9.47 Å². The maximum absolute atomic E-state index is 2.60. The normalized spacial score (nSPS) is 14.9. The van der Waals surface area contributed by atoms with Crippen LogP contribution in [0.5, 0.6) is 0 Å². The monoisotopic (exact) mass is 318 g/mol. The van der Waals surface area contributed by atoms with Crippen LogP contribution in [0.3, 0.4) is 0 Å². The van der Waals surface area contributed by atoms with E-state index in [0.29, 0.717) is 0 Å². The van der Waals surface area contributed by atoms with Gasteiger partial charge in [-0.25, -0.2) is 0 Å². The minimum absolute atomic E-state index is 1.08. The van der Waals surface area contributed by atoms with Crippen LogP contribution < -0.4 is 0 Å². The Morgan fingerprint density at radius 1 is 1.04 bits per heavy atom. The molecule has 1 aliphatic heterocycles. The van der Waals surface area contributed by atoms with Gasteiger partial charge in [-0.1, -0.05) is 42.0 Å². The largest absolute Gasteiger partial charge is 0.344 e. The van der Waals surface area contributed by atoms with Gasteiger partial charge in [0.25, 0.3) is 0 Å². The Labute approximate surface area is 144 Å². The van der Waals surface area contributed by atoms with Gasteiger partial charge in [-0.15, -0.1) is 0 Å². The molecule has 0 saturated heterocycles. The zero-order chi connectivity index (χ0) is 16.5. The predicted octanol–water partition coefficient (Wildman–Crippen LogP) is 4.57. The average molecular weight is 318 g/mol. The number of fused-ring (bicyclic) bond motifs is 3. The number of nitrogens with zero attached hydrogens (tertiary/aromatic N) is 2. The quantitative estimate of drug-likeness (QED) is 0.684. The molecule has 2 nitrogen and oxygen atoms in total. The Hall–Kier alpha value is -2.06. The minimum atomic E-state index is 1.08. The molecule has 0 saturated carbocycles. The van der Waals surface area contributed by atoms with Crippen LogP contribution in [0.25, 0.3) is 10.9 Å². The summed E-state index contributed by atoms with van der Waals surface area (Å²) in [6.07, 6.45) is 3.52. The lowest BCUT2D eigenvalue weighted by atomic mass is 10.0. The fraction of sp³-hybridized carbons (Fsp3) is 0.364. The number of benzene rings is 2. The second-order valence-corrected chi connectivity index (χ2v) is 7.17. The van der Waals surface area contributed by atoms with Gasteiger partial charge in [-0.2, -0.15) is 0 Å². The van der Waals surface area contributed by atoms with Crippen molar-refractivity contribution in [1.29, 1.82) is 0 Å². The first kappa shape index (κ1) is 15.5. The minimum Gasteiger partial charge on any atom is -0.344 e. The molecule has 4 rings (SSSR count). The van der Waals surface area contributed by atoms with Crippen LogP contribution in [0, 0.1) is 6.92 Å². The van der Waals surface area contributed by atoms with Crippen LogP contribution in [0.4, 0.5) is 0 Å². The van der Waals surface area contributed by atoms with Gasteiger partial charge in [0, 0.05) is 42.7 Å². The molecule has 0 spiro atoms. The van der Waals surface area contributed by atoms with E-state index in [0.717, 1.165) is 19.5 Å². The first-order chi connectivity index (χ1) is 11.7. The van der Waals surface area contributed by atoms with Crippen LogP contribution in [0.1, 0.15) is 28.8 Å². The number of aromatic nitrogens is 1. The summed E-state index contributed by atoms with van der Waals surface area (Å²) >= 11 is 0. The van der Waals surface area contributed by atoms with E-state index >= 15 is 0 Å². The summed E-state index contributed by atoms with van der Waals surface area (Å²) in [5.74, 6) is 0. The average Bonchev–Trinajstić information content (AvgIpc) is 2.89. The smallest absolute Gasteiger partial charge is 0.0486 e. The fourth-order valence-electron chi connectivity index (χ4n) is 4.04. The highest BCUT2D eigenvalue weighted by Gasteiger charge is 2.22. The zero-order valence-electron chi connectivity index (χ0n) is 14.8. The molecule has 2 heteroatoms. The maximum Gasteiger partial charge on any atom is 0.0486 e. The number of hydrogen-bond acceptors (Lipinski definition) is 1. The Morgan fingerprint density at radius 3 is 2.71 bits per heavy atom. The first-order valence-corrected chi connectivity index (χ1v) is 9.05. The molecular formula is C22H26N2. The van der Waals surface area contributed by atoms with Crippen LogP contribution in [-0.4, -0.2) is 23.1 Å². The van der Waals surface area contributed by atoms with Crippen molar-refractivity contribution in [3.8, 4) is 0 Å². The number of hydrogen-bond donors (Lipinski definition) is 0. The van der Waals surface area contributed by atoms with Gasteiger partial charge in [-0.3, -0.25) is 0 Å².